The first-order valence-corrected chi connectivity index (χ1v) is 10.7. The van der Waals surface area contributed by atoms with Gasteiger partial charge in [0.25, 0.3) is 0 Å². The van der Waals surface area contributed by atoms with Gasteiger partial charge in [0.05, 0.1) is 22.8 Å². The molecule has 31 heavy (non-hydrogen) atoms. The van der Waals surface area contributed by atoms with E-state index in [2.05, 4.69) is 15.0 Å². The zero-order chi connectivity index (χ0) is 22.0. The van der Waals surface area contributed by atoms with Gasteiger partial charge in [0.1, 0.15) is 18.0 Å². The van der Waals surface area contributed by atoms with E-state index in [-0.39, 0.29) is 12.5 Å². The number of anilines is 1. The number of benzene rings is 1. The minimum Gasteiger partial charge on any atom is -0.495 e. The van der Waals surface area contributed by atoms with Gasteiger partial charge in [0.15, 0.2) is 0 Å². The Labute approximate surface area is 191 Å². The highest BCUT2D eigenvalue weighted by molar-refractivity contribution is 6.33. The molecule has 0 radical (unpaired) electrons. The normalized spacial score (nSPS) is 14.1. The second kappa shape index (κ2) is 9.16. The van der Waals surface area contributed by atoms with Gasteiger partial charge in [0, 0.05) is 55.9 Å². The van der Waals surface area contributed by atoms with Crippen molar-refractivity contribution >= 4 is 34.8 Å². The summed E-state index contributed by atoms with van der Waals surface area (Å²) >= 11 is 12.6. The minimum atomic E-state index is 0.0216. The molecule has 1 aromatic carbocycles. The lowest BCUT2D eigenvalue weighted by Crippen LogP contribution is -2.49. The second-order valence-electron chi connectivity index (χ2n) is 7.33. The zero-order valence-corrected chi connectivity index (χ0v) is 18.9. The molecule has 3 heterocycles. The maximum Gasteiger partial charge on any atom is 0.244 e. The Bertz CT molecular complexity index is 1080. The van der Waals surface area contributed by atoms with Crippen molar-refractivity contribution in [2.75, 3.05) is 38.2 Å². The van der Waals surface area contributed by atoms with E-state index in [4.69, 9.17) is 27.9 Å². The average molecular weight is 460 g/mol. The quantitative estimate of drug-likeness (QED) is 0.578. The molecule has 1 saturated heterocycles. The van der Waals surface area contributed by atoms with Crippen LogP contribution in [-0.4, -0.2) is 58.9 Å². The molecular formula is C22H23Cl2N5O2. The lowest BCUT2D eigenvalue weighted by molar-refractivity contribution is -0.132. The van der Waals surface area contributed by atoms with Crippen LogP contribution in [0.4, 0.5) is 5.69 Å². The molecule has 0 unspecified atom stereocenters. The first-order valence-electron chi connectivity index (χ1n) is 9.97. The highest BCUT2D eigenvalue weighted by atomic mass is 35.5. The lowest BCUT2D eigenvalue weighted by Gasteiger charge is -2.36. The molecule has 2 aromatic heterocycles. The number of ether oxygens (including phenoxy) is 1. The van der Waals surface area contributed by atoms with Gasteiger partial charge in [-0.25, -0.2) is 0 Å². The van der Waals surface area contributed by atoms with Gasteiger partial charge in [0.2, 0.25) is 5.91 Å². The number of carbonyl (C=O) groups excluding carboxylic acids is 1. The fourth-order valence-corrected chi connectivity index (χ4v) is 4.09. The summed E-state index contributed by atoms with van der Waals surface area (Å²) in [5.74, 6) is 0.668. The summed E-state index contributed by atoms with van der Waals surface area (Å²) in [5, 5.41) is 5.69. The molecule has 0 bridgehead atoms. The summed E-state index contributed by atoms with van der Waals surface area (Å²) in [5.41, 5.74) is 3.26. The van der Waals surface area contributed by atoms with Crippen LogP contribution in [0.1, 0.15) is 5.69 Å². The summed E-state index contributed by atoms with van der Waals surface area (Å²) in [6.45, 7) is 4.75. The number of aromatic nitrogens is 3. The third-order valence-electron chi connectivity index (χ3n) is 5.49. The van der Waals surface area contributed by atoms with Crippen LogP contribution in [0.25, 0.3) is 11.3 Å². The van der Waals surface area contributed by atoms with E-state index in [0.29, 0.717) is 34.6 Å². The van der Waals surface area contributed by atoms with Crippen LogP contribution in [0.2, 0.25) is 10.0 Å². The predicted molar refractivity (Wildman–Crippen MR) is 122 cm³/mol. The van der Waals surface area contributed by atoms with Gasteiger partial charge in [-0.2, -0.15) is 5.10 Å². The molecule has 0 N–H and O–H groups in total. The Balaban J connectivity index is 1.41. The zero-order valence-electron chi connectivity index (χ0n) is 17.4. The van der Waals surface area contributed by atoms with E-state index in [0.717, 1.165) is 30.0 Å². The van der Waals surface area contributed by atoms with Crippen molar-refractivity contribution in [3.8, 4) is 17.0 Å². The first kappa shape index (κ1) is 21.5. The first-order chi connectivity index (χ1) is 15.0. The van der Waals surface area contributed by atoms with Crippen LogP contribution in [0.15, 0.2) is 42.7 Å². The molecule has 1 aliphatic heterocycles. The second-order valence-corrected chi connectivity index (χ2v) is 8.12. The molecule has 1 amide bonds. The van der Waals surface area contributed by atoms with Gasteiger partial charge < -0.3 is 14.5 Å². The summed E-state index contributed by atoms with van der Waals surface area (Å²) in [4.78, 5) is 21.1. The van der Waals surface area contributed by atoms with E-state index in [1.54, 1.807) is 24.2 Å². The van der Waals surface area contributed by atoms with Crippen LogP contribution < -0.4 is 9.64 Å². The number of hydrogen-bond acceptors (Lipinski definition) is 5. The molecule has 1 fully saturated rings. The van der Waals surface area contributed by atoms with E-state index in [1.165, 1.54) is 0 Å². The van der Waals surface area contributed by atoms with Crippen molar-refractivity contribution < 1.29 is 9.53 Å². The summed E-state index contributed by atoms with van der Waals surface area (Å²) in [6.07, 6.45) is 3.41. The van der Waals surface area contributed by atoms with E-state index in [9.17, 15) is 4.79 Å². The number of halogens is 2. The largest absolute Gasteiger partial charge is 0.495 e. The number of amides is 1. The van der Waals surface area contributed by atoms with Crippen LogP contribution in [0.5, 0.6) is 5.75 Å². The summed E-state index contributed by atoms with van der Waals surface area (Å²) < 4.78 is 6.98. The minimum absolute atomic E-state index is 0.0216. The molecule has 9 heteroatoms. The Kier molecular flexibility index (Phi) is 6.34. The highest BCUT2D eigenvalue weighted by Crippen LogP contribution is 2.31. The Morgan fingerprint density at radius 2 is 1.94 bits per heavy atom. The van der Waals surface area contributed by atoms with Crippen molar-refractivity contribution in [3.63, 3.8) is 0 Å². The molecule has 7 nitrogen and oxygen atoms in total. The number of rotatable bonds is 5. The molecule has 0 spiro atoms. The molecule has 4 rings (SSSR count). The molecule has 0 aliphatic carbocycles. The molecular weight excluding hydrogens is 437 g/mol. The monoisotopic (exact) mass is 459 g/mol. The number of nitrogens with zero attached hydrogens (tertiary/aromatic N) is 5. The van der Waals surface area contributed by atoms with Gasteiger partial charge in [-0.15, -0.1) is 0 Å². The molecule has 0 atom stereocenters. The van der Waals surface area contributed by atoms with E-state index >= 15 is 0 Å². The standard InChI is InChI=1S/C22H23Cl2N5O2/c1-15-21(24)22(16-4-3-7-25-13-16)26-29(15)14-20(30)28-10-8-27(9-11-28)17-5-6-18(23)19(12-17)31-2/h3-7,12-13H,8-11,14H2,1-2H3. The fourth-order valence-electron chi connectivity index (χ4n) is 3.65. The van der Waals surface area contributed by atoms with Gasteiger partial charge in [-0.3, -0.25) is 14.5 Å². The van der Waals surface area contributed by atoms with Crippen LogP contribution in [0.3, 0.4) is 0 Å². The number of hydrogen-bond donors (Lipinski definition) is 0. The molecule has 0 saturated carbocycles. The maximum absolute atomic E-state index is 12.9. The van der Waals surface area contributed by atoms with E-state index in [1.807, 2.05) is 42.2 Å². The third kappa shape index (κ3) is 4.48. The Hall–Kier alpha value is -2.77. The smallest absolute Gasteiger partial charge is 0.244 e. The van der Waals surface area contributed by atoms with Gasteiger partial charge in [-0.1, -0.05) is 23.2 Å². The Morgan fingerprint density at radius 1 is 1.16 bits per heavy atom. The van der Waals surface area contributed by atoms with Crippen molar-refractivity contribution in [3.05, 3.63) is 58.5 Å². The summed E-state index contributed by atoms with van der Waals surface area (Å²) in [6, 6.07) is 9.46. The summed E-state index contributed by atoms with van der Waals surface area (Å²) in [7, 11) is 1.60. The SMILES string of the molecule is COc1cc(N2CCN(C(=O)Cn3nc(-c4cccnc4)c(Cl)c3C)CC2)ccc1Cl. The number of piperazine rings is 1. The average Bonchev–Trinajstić information content (AvgIpc) is 3.08. The lowest BCUT2D eigenvalue weighted by atomic mass is 10.2. The van der Waals surface area contributed by atoms with Gasteiger partial charge >= 0.3 is 0 Å². The van der Waals surface area contributed by atoms with Crippen molar-refractivity contribution in [1.29, 1.82) is 0 Å². The number of carbonyl (C=O) groups is 1. The highest BCUT2D eigenvalue weighted by Gasteiger charge is 2.24. The predicted octanol–water partition coefficient (Wildman–Crippen LogP) is 3.92. The van der Waals surface area contributed by atoms with Crippen LogP contribution in [-0.2, 0) is 11.3 Å². The molecule has 162 valence electrons. The van der Waals surface area contributed by atoms with Crippen molar-refractivity contribution in [2.24, 2.45) is 0 Å². The molecule has 1 aliphatic rings. The van der Waals surface area contributed by atoms with E-state index < -0.39 is 0 Å². The van der Waals surface area contributed by atoms with Crippen LogP contribution >= 0.6 is 23.2 Å². The topological polar surface area (TPSA) is 63.5 Å². The van der Waals surface area contributed by atoms with Crippen molar-refractivity contribution in [2.45, 2.75) is 13.5 Å². The third-order valence-corrected chi connectivity index (χ3v) is 6.25. The van der Waals surface area contributed by atoms with Crippen LogP contribution in [0, 0.1) is 6.92 Å². The van der Waals surface area contributed by atoms with Gasteiger partial charge in [-0.05, 0) is 31.2 Å². The maximum atomic E-state index is 12.9. The molecule has 3 aromatic rings. The number of methoxy groups -OCH3 is 1. The fraction of sp³-hybridized carbons (Fsp3) is 0.318. The Morgan fingerprint density at radius 3 is 2.61 bits per heavy atom. The van der Waals surface area contributed by atoms with Crippen molar-refractivity contribution in [1.82, 2.24) is 19.7 Å². The number of pyridine rings is 1.